The molecule has 0 amide bonds. The Bertz CT molecular complexity index is 1660. The Labute approximate surface area is 244 Å². The normalized spacial score (nSPS) is 10.7. The number of nitrogens with one attached hydrogen (secondary N) is 1. The zero-order valence-electron chi connectivity index (χ0n) is 22.1. The first-order valence-corrected chi connectivity index (χ1v) is 13.2. The van der Waals surface area contributed by atoms with Crippen LogP contribution in [0.5, 0.6) is 0 Å². The van der Waals surface area contributed by atoms with Gasteiger partial charge in [-0.15, -0.1) is 15.3 Å². The van der Waals surface area contributed by atoms with E-state index in [9.17, 15) is 0 Å². The quantitative estimate of drug-likeness (QED) is 0.232. The summed E-state index contributed by atoms with van der Waals surface area (Å²) in [5.74, 6) is 1.35. The van der Waals surface area contributed by atoms with E-state index in [-0.39, 0.29) is 7.43 Å². The molecule has 0 spiro atoms. The summed E-state index contributed by atoms with van der Waals surface area (Å²) in [6.45, 7) is 0. The Morgan fingerprint density at radius 3 is 1.36 bits per heavy atom. The zero-order chi connectivity index (χ0) is 27.7. The molecule has 1 N–H and O–H groups in total. The first kappa shape index (κ1) is 27.8. The van der Waals surface area contributed by atoms with Crippen molar-refractivity contribution in [3.63, 3.8) is 0 Å². The summed E-state index contributed by atoms with van der Waals surface area (Å²) in [6.07, 6.45) is 0. The van der Waals surface area contributed by atoms with Crippen molar-refractivity contribution in [1.82, 2.24) is 40.8 Å². The van der Waals surface area contributed by atoms with E-state index in [1.54, 1.807) is 0 Å². The van der Waals surface area contributed by atoms with E-state index < -0.39 is 5.54 Å². The minimum atomic E-state index is -0.724. The average Bonchev–Trinajstić information content (AvgIpc) is 3.78. The molecule has 0 aliphatic rings. The van der Waals surface area contributed by atoms with E-state index in [4.69, 9.17) is 0 Å². The van der Waals surface area contributed by atoms with Crippen LogP contribution in [-0.4, -0.2) is 40.8 Å². The van der Waals surface area contributed by atoms with E-state index in [1.807, 2.05) is 83.5 Å². The summed E-state index contributed by atoms with van der Waals surface area (Å²) < 4.78 is 1.95. The lowest BCUT2D eigenvalue weighted by Gasteiger charge is -2.36. The standard InChI is InChI=1S/C26H20N4.C7H6N4.CH4/c1-5-13-21(14-6-1)25-27-28-29-30(25)26(22-15-7-2-8-16-22,23-17-9-3-10-18-23)24-19-11-4-12-20-24;1-2-4-6(5-3-1)7-8-10-11-9-7;/h1-20H;1-5H,(H,8,9,10,11);1H4. The third kappa shape index (κ3) is 5.46. The highest BCUT2D eigenvalue weighted by molar-refractivity contribution is 5.59. The Hall–Kier alpha value is -5.76. The third-order valence-corrected chi connectivity index (χ3v) is 6.77. The van der Waals surface area contributed by atoms with E-state index >= 15 is 0 Å². The van der Waals surface area contributed by atoms with Crippen molar-refractivity contribution < 1.29 is 0 Å². The minimum absolute atomic E-state index is 0. The van der Waals surface area contributed by atoms with Gasteiger partial charge in [-0.1, -0.05) is 159 Å². The van der Waals surface area contributed by atoms with Crippen LogP contribution < -0.4 is 0 Å². The van der Waals surface area contributed by atoms with Gasteiger partial charge in [0.15, 0.2) is 5.82 Å². The van der Waals surface area contributed by atoms with Crippen LogP contribution in [0, 0.1) is 0 Å². The molecule has 2 aromatic heterocycles. The van der Waals surface area contributed by atoms with Crippen molar-refractivity contribution in [3.8, 4) is 22.8 Å². The third-order valence-electron chi connectivity index (χ3n) is 6.77. The molecule has 206 valence electrons. The summed E-state index contributed by atoms with van der Waals surface area (Å²) in [4.78, 5) is 0. The molecule has 7 aromatic rings. The van der Waals surface area contributed by atoms with Gasteiger partial charge in [-0.25, -0.2) is 4.68 Å². The van der Waals surface area contributed by atoms with E-state index in [0.717, 1.165) is 27.8 Å². The number of benzene rings is 5. The van der Waals surface area contributed by atoms with E-state index in [1.165, 1.54) is 0 Å². The highest BCUT2D eigenvalue weighted by atomic mass is 15.6. The molecule has 0 radical (unpaired) electrons. The van der Waals surface area contributed by atoms with Gasteiger partial charge in [0.2, 0.25) is 5.82 Å². The fourth-order valence-corrected chi connectivity index (χ4v) is 4.96. The number of hydrogen-bond acceptors (Lipinski definition) is 6. The van der Waals surface area contributed by atoms with Crippen LogP contribution in [0.3, 0.4) is 0 Å². The second kappa shape index (κ2) is 13.1. The molecule has 0 atom stereocenters. The van der Waals surface area contributed by atoms with Crippen molar-refractivity contribution in [2.75, 3.05) is 0 Å². The molecule has 0 aliphatic carbocycles. The van der Waals surface area contributed by atoms with Gasteiger partial charge in [-0.2, -0.15) is 5.21 Å². The van der Waals surface area contributed by atoms with Gasteiger partial charge in [0.25, 0.3) is 0 Å². The van der Waals surface area contributed by atoms with Gasteiger partial charge in [0, 0.05) is 11.1 Å². The highest BCUT2D eigenvalue weighted by Gasteiger charge is 2.41. The van der Waals surface area contributed by atoms with Crippen LogP contribution >= 0.6 is 0 Å². The van der Waals surface area contributed by atoms with Crippen LogP contribution in [0.15, 0.2) is 152 Å². The molecular weight excluding hydrogens is 520 g/mol. The monoisotopic (exact) mass is 550 g/mol. The smallest absolute Gasteiger partial charge is 0.204 e. The molecule has 7 rings (SSSR count). The lowest BCUT2D eigenvalue weighted by Crippen LogP contribution is -2.39. The molecule has 2 heterocycles. The predicted molar refractivity (Wildman–Crippen MR) is 164 cm³/mol. The molecule has 0 fully saturated rings. The first-order valence-electron chi connectivity index (χ1n) is 13.2. The predicted octanol–water partition coefficient (Wildman–Crippen LogP) is 6.68. The lowest BCUT2D eigenvalue weighted by atomic mass is 9.77. The Morgan fingerprint density at radius 1 is 0.500 bits per heavy atom. The fourth-order valence-electron chi connectivity index (χ4n) is 4.96. The zero-order valence-corrected chi connectivity index (χ0v) is 22.1. The van der Waals surface area contributed by atoms with Gasteiger partial charge < -0.3 is 0 Å². The number of aromatic amines is 1. The molecule has 42 heavy (non-hydrogen) atoms. The van der Waals surface area contributed by atoms with Crippen molar-refractivity contribution >= 4 is 0 Å². The fraction of sp³-hybridized carbons (Fsp3) is 0.0588. The number of tetrazole rings is 2. The van der Waals surface area contributed by atoms with Gasteiger partial charge in [0.05, 0.1) is 0 Å². The molecular formula is C34H30N8. The van der Waals surface area contributed by atoms with Crippen LogP contribution in [-0.2, 0) is 5.54 Å². The molecule has 0 aliphatic heterocycles. The maximum atomic E-state index is 4.55. The largest absolute Gasteiger partial charge is 0.206 e. The summed E-state index contributed by atoms with van der Waals surface area (Å²) in [6, 6.07) is 51.0. The van der Waals surface area contributed by atoms with Gasteiger partial charge in [-0.3, -0.25) is 0 Å². The maximum absolute atomic E-state index is 4.55. The molecule has 5 aromatic carbocycles. The van der Waals surface area contributed by atoms with Crippen molar-refractivity contribution in [2.24, 2.45) is 0 Å². The van der Waals surface area contributed by atoms with Gasteiger partial charge in [-0.05, 0) is 32.3 Å². The number of hydrogen-bond donors (Lipinski definition) is 1. The van der Waals surface area contributed by atoms with Crippen molar-refractivity contribution in [1.29, 1.82) is 0 Å². The van der Waals surface area contributed by atoms with Crippen LogP contribution in [0.2, 0.25) is 0 Å². The molecule has 8 heteroatoms. The van der Waals surface area contributed by atoms with Crippen LogP contribution in [0.4, 0.5) is 0 Å². The number of H-pyrrole nitrogens is 1. The Kier molecular flexibility index (Phi) is 8.64. The van der Waals surface area contributed by atoms with Gasteiger partial charge >= 0.3 is 0 Å². The topological polar surface area (TPSA) is 98.1 Å². The SMILES string of the molecule is C.c1ccc(-c2nn[nH]n2)cc1.c1ccc(-c2nnnn2C(c2ccccc2)(c2ccccc2)c2ccccc2)cc1. The van der Waals surface area contributed by atoms with Gasteiger partial charge in [0.1, 0.15) is 5.54 Å². The Balaban J connectivity index is 0.000000247. The molecule has 0 saturated heterocycles. The molecule has 0 saturated carbocycles. The first-order chi connectivity index (χ1) is 20.4. The second-order valence-electron chi connectivity index (χ2n) is 9.19. The molecule has 8 nitrogen and oxygen atoms in total. The number of nitrogens with zero attached hydrogens (tertiary/aromatic N) is 7. The molecule has 0 bridgehead atoms. The summed E-state index contributed by atoms with van der Waals surface area (Å²) in [5, 5.41) is 26.6. The number of aromatic nitrogens is 8. The van der Waals surface area contributed by atoms with Crippen molar-refractivity contribution in [2.45, 2.75) is 13.0 Å². The van der Waals surface area contributed by atoms with E-state index in [2.05, 4.69) is 109 Å². The average molecular weight is 551 g/mol. The molecule has 0 unspecified atom stereocenters. The van der Waals surface area contributed by atoms with Crippen LogP contribution in [0.25, 0.3) is 22.8 Å². The summed E-state index contributed by atoms with van der Waals surface area (Å²) in [5.41, 5.74) is 4.49. The summed E-state index contributed by atoms with van der Waals surface area (Å²) in [7, 11) is 0. The maximum Gasteiger partial charge on any atom is 0.204 e. The highest BCUT2D eigenvalue weighted by Crippen LogP contribution is 2.41. The van der Waals surface area contributed by atoms with Crippen LogP contribution in [0.1, 0.15) is 24.1 Å². The Morgan fingerprint density at radius 2 is 0.929 bits per heavy atom. The second-order valence-corrected chi connectivity index (χ2v) is 9.19. The van der Waals surface area contributed by atoms with Crippen molar-refractivity contribution in [3.05, 3.63) is 168 Å². The summed E-state index contributed by atoms with van der Waals surface area (Å²) >= 11 is 0. The minimum Gasteiger partial charge on any atom is -0.206 e. The lowest BCUT2D eigenvalue weighted by molar-refractivity contribution is 0.451. The number of rotatable bonds is 6. The van der Waals surface area contributed by atoms with E-state index in [0.29, 0.717) is 11.6 Å².